The highest BCUT2D eigenvalue weighted by Gasteiger charge is 2.12. The minimum absolute atomic E-state index is 0.00993. The van der Waals surface area contributed by atoms with E-state index in [9.17, 15) is 8.78 Å². The summed E-state index contributed by atoms with van der Waals surface area (Å²) in [4.78, 5) is 5.12. The van der Waals surface area contributed by atoms with Crippen molar-refractivity contribution in [1.82, 2.24) is 0 Å². The second kappa shape index (κ2) is 13.6. The predicted molar refractivity (Wildman–Crippen MR) is 105 cm³/mol. The zero-order valence-electron chi connectivity index (χ0n) is 15.6. The van der Waals surface area contributed by atoms with Crippen molar-refractivity contribution >= 4 is 28.9 Å². The van der Waals surface area contributed by atoms with Crippen LogP contribution in [0.15, 0.2) is 28.7 Å². The lowest BCUT2D eigenvalue weighted by Gasteiger charge is -2.11. The van der Waals surface area contributed by atoms with Gasteiger partial charge in [0.25, 0.3) is 0 Å². The maximum Gasteiger partial charge on any atom is 0.188 e. The van der Waals surface area contributed by atoms with Gasteiger partial charge in [-0.2, -0.15) is 4.39 Å². The Kier molecular flexibility index (Phi) is 11.9. The normalized spacial score (nSPS) is 11.3. The van der Waals surface area contributed by atoms with Crippen LogP contribution in [0.3, 0.4) is 0 Å². The first-order valence-electron chi connectivity index (χ1n) is 8.79. The molecule has 0 atom stereocenters. The summed E-state index contributed by atoms with van der Waals surface area (Å²) in [7, 11) is 0. The van der Waals surface area contributed by atoms with E-state index in [2.05, 4.69) is 5.16 Å². The second-order valence-corrected chi connectivity index (χ2v) is 6.78. The third-order valence-corrected chi connectivity index (χ3v) is 3.77. The van der Waals surface area contributed by atoms with Crippen LogP contribution in [-0.4, -0.2) is 25.5 Å². The fraction of sp³-hybridized carbons (Fsp3) is 0.526. The number of nitrogens with zero attached hydrogens (tertiary/aromatic N) is 1. The van der Waals surface area contributed by atoms with Crippen LogP contribution in [0.4, 0.5) is 8.78 Å². The molecule has 8 heteroatoms. The Labute approximate surface area is 169 Å². The molecule has 0 saturated carbocycles. The van der Waals surface area contributed by atoms with E-state index in [1.54, 1.807) is 0 Å². The summed E-state index contributed by atoms with van der Waals surface area (Å²) in [5.41, 5.74) is 0.902. The standard InChI is InChI=1S/C19H25Cl2F2NO3/c1-14(2)24-27-10-7-5-3-4-6-9-26-19-16(20)12-15(13-17(19)22)25-11-8-18(21)23/h8,12-13H,3-7,9-11H2,1-2H3/b18-8-. The van der Waals surface area contributed by atoms with Crippen LogP contribution >= 0.6 is 23.2 Å². The molecule has 0 fully saturated rings. The molecule has 0 radical (unpaired) electrons. The molecule has 1 aromatic carbocycles. The predicted octanol–water partition coefficient (Wildman–Crippen LogP) is 6.65. The third kappa shape index (κ3) is 11.0. The molecule has 0 unspecified atom stereocenters. The highest BCUT2D eigenvalue weighted by Crippen LogP contribution is 2.32. The van der Waals surface area contributed by atoms with Gasteiger partial charge in [-0.15, -0.1) is 0 Å². The van der Waals surface area contributed by atoms with Gasteiger partial charge in [0.15, 0.2) is 16.9 Å². The van der Waals surface area contributed by atoms with Gasteiger partial charge in [-0.1, -0.05) is 41.2 Å². The van der Waals surface area contributed by atoms with E-state index in [-0.39, 0.29) is 23.1 Å². The van der Waals surface area contributed by atoms with Gasteiger partial charge >= 0.3 is 0 Å². The average Bonchev–Trinajstić information content (AvgIpc) is 2.58. The van der Waals surface area contributed by atoms with E-state index >= 15 is 0 Å². The van der Waals surface area contributed by atoms with Crippen LogP contribution in [0.1, 0.15) is 46.0 Å². The van der Waals surface area contributed by atoms with Crippen LogP contribution < -0.4 is 9.47 Å². The first-order valence-corrected chi connectivity index (χ1v) is 9.54. The number of ether oxygens (including phenoxy) is 2. The molecular formula is C19H25Cl2F2NO3. The molecule has 1 aromatic rings. The molecule has 0 aliphatic carbocycles. The lowest BCUT2D eigenvalue weighted by atomic mass is 10.1. The Morgan fingerprint density at radius 2 is 1.74 bits per heavy atom. The van der Waals surface area contributed by atoms with E-state index < -0.39 is 11.1 Å². The quantitative estimate of drug-likeness (QED) is 0.202. The van der Waals surface area contributed by atoms with Gasteiger partial charge in [0.1, 0.15) is 19.0 Å². The first-order chi connectivity index (χ1) is 12.9. The van der Waals surface area contributed by atoms with E-state index in [1.807, 2.05) is 13.8 Å². The lowest BCUT2D eigenvalue weighted by molar-refractivity contribution is 0.139. The van der Waals surface area contributed by atoms with E-state index in [4.69, 9.17) is 37.5 Å². The number of halogens is 4. The molecule has 0 spiro atoms. The molecule has 0 amide bonds. The van der Waals surface area contributed by atoms with Crippen molar-refractivity contribution in [3.8, 4) is 11.5 Å². The van der Waals surface area contributed by atoms with E-state index in [0.717, 1.165) is 50.0 Å². The smallest absolute Gasteiger partial charge is 0.188 e. The molecular weight excluding hydrogens is 399 g/mol. The van der Waals surface area contributed by atoms with Crippen LogP contribution in [0.2, 0.25) is 5.02 Å². The number of oxime groups is 1. The van der Waals surface area contributed by atoms with Gasteiger partial charge in [-0.3, -0.25) is 0 Å². The minimum Gasteiger partial charge on any atom is -0.489 e. The monoisotopic (exact) mass is 423 g/mol. The van der Waals surface area contributed by atoms with Crippen LogP contribution in [0.25, 0.3) is 0 Å². The molecule has 1 rings (SSSR count). The number of rotatable bonds is 13. The third-order valence-electron chi connectivity index (χ3n) is 3.33. The molecule has 0 aliphatic rings. The van der Waals surface area contributed by atoms with Gasteiger partial charge in [0.2, 0.25) is 0 Å². The highest BCUT2D eigenvalue weighted by atomic mass is 35.5. The fourth-order valence-electron chi connectivity index (χ4n) is 2.11. The zero-order chi connectivity index (χ0) is 20.1. The Bertz CT molecular complexity index is 608. The number of hydrogen-bond donors (Lipinski definition) is 0. The molecule has 0 aliphatic heterocycles. The molecule has 0 heterocycles. The Balaban J connectivity index is 2.24. The molecule has 0 saturated heterocycles. The van der Waals surface area contributed by atoms with Gasteiger partial charge in [0.05, 0.1) is 17.3 Å². The highest BCUT2D eigenvalue weighted by molar-refractivity contribution is 6.32. The van der Waals surface area contributed by atoms with Gasteiger partial charge in [-0.05, 0) is 33.1 Å². The molecule has 27 heavy (non-hydrogen) atoms. The topological polar surface area (TPSA) is 40.0 Å². The summed E-state index contributed by atoms with van der Waals surface area (Å²) in [6.45, 7) is 4.63. The van der Waals surface area contributed by atoms with Crippen molar-refractivity contribution in [2.75, 3.05) is 19.8 Å². The van der Waals surface area contributed by atoms with Gasteiger partial charge in [-0.25, -0.2) is 4.39 Å². The Morgan fingerprint density at radius 3 is 2.37 bits per heavy atom. The fourth-order valence-corrected chi connectivity index (χ4v) is 2.42. The molecule has 152 valence electrons. The van der Waals surface area contributed by atoms with E-state index in [1.165, 1.54) is 6.07 Å². The van der Waals surface area contributed by atoms with Gasteiger partial charge in [0, 0.05) is 18.2 Å². The Hall–Kier alpha value is -1.53. The molecule has 0 bridgehead atoms. The summed E-state index contributed by atoms with van der Waals surface area (Å²) in [6.07, 6.45) is 5.80. The van der Waals surface area contributed by atoms with Crippen LogP contribution in [-0.2, 0) is 4.84 Å². The average molecular weight is 424 g/mol. The van der Waals surface area contributed by atoms with Crippen molar-refractivity contribution in [3.05, 3.63) is 34.3 Å². The maximum absolute atomic E-state index is 14.1. The van der Waals surface area contributed by atoms with Crippen molar-refractivity contribution in [2.24, 2.45) is 5.16 Å². The second-order valence-electron chi connectivity index (χ2n) is 6.01. The summed E-state index contributed by atoms with van der Waals surface area (Å²) in [5, 5.41) is 3.08. The number of unbranched alkanes of at least 4 members (excludes halogenated alkanes) is 4. The summed E-state index contributed by atoms with van der Waals surface area (Å²) >= 11 is 11.1. The first kappa shape index (κ1) is 23.5. The van der Waals surface area contributed by atoms with Crippen LogP contribution in [0.5, 0.6) is 11.5 Å². The summed E-state index contributed by atoms with van der Waals surface area (Å²) in [5.74, 6) is -0.468. The molecule has 0 N–H and O–H groups in total. The maximum atomic E-state index is 14.1. The van der Waals surface area contributed by atoms with Crippen molar-refractivity contribution < 1.29 is 23.1 Å². The molecule has 4 nitrogen and oxygen atoms in total. The largest absolute Gasteiger partial charge is 0.489 e. The minimum atomic E-state index is -0.890. The van der Waals surface area contributed by atoms with Crippen molar-refractivity contribution in [2.45, 2.75) is 46.0 Å². The van der Waals surface area contributed by atoms with Crippen LogP contribution in [0, 0.1) is 5.82 Å². The Morgan fingerprint density at radius 1 is 1.07 bits per heavy atom. The van der Waals surface area contributed by atoms with Gasteiger partial charge < -0.3 is 14.3 Å². The van der Waals surface area contributed by atoms with E-state index in [0.29, 0.717) is 13.2 Å². The van der Waals surface area contributed by atoms with Crippen molar-refractivity contribution in [1.29, 1.82) is 0 Å². The summed E-state index contributed by atoms with van der Waals surface area (Å²) < 4.78 is 37.0. The SMILES string of the molecule is CC(C)=NOCCCCCCCOc1c(F)cc(OC/C=C(\F)Cl)cc1Cl. The lowest BCUT2D eigenvalue weighted by Crippen LogP contribution is -2.01. The molecule has 0 aromatic heterocycles. The summed E-state index contributed by atoms with van der Waals surface area (Å²) in [6, 6.07) is 2.56. The zero-order valence-corrected chi connectivity index (χ0v) is 17.1. The van der Waals surface area contributed by atoms with Crippen molar-refractivity contribution in [3.63, 3.8) is 0 Å². The number of benzene rings is 1. The number of hydrogen-bond acceptors (Lipinski definition) is 4.